The first-order valence-corrected chi connectivity index (χ1v) is 6.57. The molecule has 0 saturated carbocycles. The fourth-order valence-electron chi connectivity index (χ4n) is 1.72. The van der Waals surface area contributed by atoms with Crippen molar-refractivity contribution < 1.29 is 14.7 Å². The van der Waals surface area contributed by atoms with E-state index in [-0.39, 0.29) is 17.6 Å². The molecule has 0 unspecified atom stereocenters. The number of hydrogen-bond donors (Lipinski definition) is 2. The van der Waals surface area contributed by atoms with E-state index < -0.39 is 5.97 Å². The van der Waals surface area contributed by atoms with Crippen LogP contribution in [-0.2, 0) is 17.8 Å². The summed E-state index contributed by atoms with van der Waals surface area (Å²) in [7, 11) is 0. The Labute approximate surface area is 125 Å². The number of nitrogens with one attached hydrogen (secondary N) is 1. The first-order chi connectivity index (χ1) is 9.97. The minimum absolute atomic E-state index is 0.251. The maximum absolute atomic E-state index is 12.1. The van der Waals surface area contributed by atoms with Gasteiger partial charge in [0.2, 0.25) is 0 Å². The highest BCUT2D eigenvalue weighted by Crippen LogP contribution is 2.14. The van der Waals surface area contributed by atoms with Crippen molar-refractivity contribution in [1.82, 2.24) is 14.8 Å². The molecule has 0 aromatic carbocycles. The number of hydrogen-bond acceptors (Lipinski definition) is 4. The van der Waals surface area contributed by atoms with Gasteiger partial charge in [-0.2, -0.15) is 5.10 Å². The maximum atomic E-state index is 12.1. The van der Waals surface area contributed by atoms with Gasteiger partial charge in [0.05, 0.1) is 11.9 Å². The number of anilines is 1. The van der Waals surface area contributed by atoms with E-state index in [2.05, 4.69) is 15.4 Å². The molecule has 2 rings (SSSR count). The number of aromatic nitrogens is 3. The van der Waals surface area contributed by atoms with Gasteiger partial charge in [-0.05, 0) is 18.6 Å². The molecule has 110 valence electrons. The Kier molecular flexibility index (Phi) is 4.54. The van der Waals surface area contributed by atoms with Gasteiger partial charge in [-0.1, -0.05) is 18.5 Å². The lowest BCUT2D eigenvalue weighted by atomic mass is 10.2. The van der Waals surface area contributed by atoms with E-state index >= 15 is 0 Å². The Balaban J connectivity index is 2.12. The summed E-state index contributed by atoms with van der Waals surface area (Å²) in [6.07, 6.45) is 3.48. The Hall–Kier alpha value is -2.41. The number of rotatable bonds is 5. The Morgan fingerprint density at radius 1 is 1.43 bits per heavy atom. The van der Waals surface area contributed by atoms with Crippen molar-refractivity contribution in [1.29, 1.82) is 0 Å². The molecule has 0 spiro atoms. The smallest absolute Gasteiger partial charge is 0.325 e. The highest BCUT2D eigenvalue weighted by atomic mass is 35.5. The summed E-state index contributed by atoms with van der Waals surface area (Å²) in [4.78, 5) is 26.8. The van der Waals surface area contributed by atoms with Crippen LogP contribution in [0.2, 0.25) is 5.15 Å². The SMILES string of the molecule is CCc1cc(C(=O)Nc2cnn(CC(=O)O)c2)cc(Cl)n1. The van der Waals surface area contributed by atoms with Crippen molar-refractivity contribution in [3.63, 3.8) is 0 Å². The molecular formula is C13H13ClN4O3. The summed E-state index contributed by atoms with van der Waals surface area (Å²) >= 11 is 5.86. The van der Waals surface area contributed by atoms with Crippen LogP contribution in [0.5, 0.6) is 0 Å². The van der Waals surface area contributed by atoms with Gasteiger partial charge in [-0.15, -0.1) is 0 Å². The van der Waals surface area contributed by atoms with Gasteiger partial charge in [0.25, 0.3) is 5.91 Å². The van der Waals surface area contributed by atoms with Crippen LogP contribution in [0.1, 0.15) is 23.0 Å². The summed E-state index contributed by atoms with van der Waals surface area (Å²) in [5.41, 5.74) is 1.51. The second-order valence-electron chi connectivity index (χ2n) is 4.30. The third kappa shape index (κ3) is 4.03. The van der Waals surface area contributed by atoms with Crippen molar-refractivity contribution in [2.24, 2.45) is 0 Å². The lowest BCUT2D eigenvalue weighted by Crippen LogP contribution is -2.12. The summed E-state index contributed by atoms with van der Waals surface area (Å²) in [5, 5.41) is 15.4. The first-order valence-electron chi connectivity index (χ1n) is 6.20. The third-order valence-corrected chi connectivity index (χ3v) is 2.85. The van der Waals surface area contributed by atoms with Gasteiger partial charge < -0.3 is 10.4 Å². The van der Waals surface area contributed by atoms with Crippen molar-refractivity contribution in [3.05, 3.63) is 40.9 Å². The molecule has 0 bridgehead atoms. The van der Waals surface area contributed by atoms with E-state index in [0.29, 0.717) is 23.4 Å². The minimum atomic E-state index is -1.01. The molecule has 2 N–H and O–H groups in total. The van der Waals surface area contributed by atoms with E-state index in [1.165, 1.54) is 23.1 Å². The standard InChI is InChI=1S/C13H13ClN4O3/c1-2-9-3-8(4-11(14)16-9)13(21)17-10-5-15-18(6-10)7-12(19)20/h3-6H,2,7H2,1H3,(H,17,21)(H,19,20). The number of nitrogens with zero attached hydrogens (tertiary/aromatic N) is 3. The molecule has 1 amide bonds. The van der Waals surface area contributed by atoms with Crippen molar-refractivity contribution in [2.45, 2.75) is 19.9 Å². The number of aliphatic carboxylic acids is 1. The average molecular weight is 309 g/mol. The molecule has 2 aromatic heterocycles. The normalized spacial score (nSPS) is 10.4. The van der Waals surface area contributed by atoms with Gasteiger partial charge in [-0.25, -0.2) is 4.98 Å². The summed E-state index contributed by atoms with van der Waals surface area (Å²) < 4.78 is 1.22. The van der Waals surface area contributed by atoms with Crippen LogP contribution < -0.4 is 5.32 Å². The van der Waals surface area contributed by atoms with Crippen molar-refractivity contribution in [2.75, 3.05) is 5.32 Å². The zero-order chi connectivity index (χ0) is 15.4. The quantitative estimate of drug-likeness (QED) is 0.821. The van der Waals surface area contributed by atoms with Crippen LogP contribution in [0.3, 0.4) is 0 Å². The fourth-order valence-corrected chi connectivity index (χ4v) is 1.95. The topological polar surface area (TPSA) is 97.1 Å². The lowest BCUT2D eigenvalue weighted by molar-refractivity contribution is -0.137. The second kappa shape index (κ2) is 6.36. The number of carbonyl (C=O) groups excluding carboxylic acids is 1. The molecule has 0 atom stereocenters. The number of amides is 1. The number of carboxylic acid groups (broad SMARTS) is 1. The van der Waals surface area contributed by atoms with Crippen molar-refractivity contribution >= 4 is 29.2 Å². The zero-order valence-electron chi connectivity index (χ0n) is 11.2. The maximum Gasteiger partial charge on any atom is 0.325 e. The minimum Gasteiger partial charge on any atom is -0.480 e. The summed E-state index contributed by atoms with van der Waals surface area (Å²) in [6, 6.07) is 3.13. The van der Waals surface area contributed by atoms with Crippen LogP contribution in [0, 0.1) is 0 Å². The highest BCUT2D eigenvalue weighted by Gasteiger charge is 2.11. The van der Waals surface area contributed by atoms with Crippen molar-refractivity contribution in [3.8, 4) is 0 Å². The van der Waals surface area contributed by atoms with Crippen LogP contribution in [0.15, 0.2) is 24.5 Å². The van der Waals surface area contributed by atoms with E-state index in [1.807, 2.05) is 6.92 Å². The third-order valence-electron chi connectivity index (χ3n) is 2.66. The molecule has 0 radical (unpaired) electrons. The molecule has 7 nitrogen and oxygen atoms in total. The number of aryl methyl sites for hydroxylation is 1. The molecule has 0 aliphatic rings. The number of carboxylic acids is 1. The molecule has 8 heteroatoms. The molecule has 21 heavy (non-hydrogen) atoms. The fraction of sp³-hybridized carbons (Fsp3) is 0.231. The largest absolute Gasteiger partial charge is 0.480 e. The number of pyridine rings is 1. The van der Waals surface area contributed by atoms with E-state index in [0.717, 1.165) is 0 Å². The van der Waals surface area contributed by atoms with E-state index in [4.69, 9.17) is 16.7 Å². The average Bonchev–Trinajstić information content (AvgIpc) is 2.84. The molecule has 0 saturated heterocycles. The summed E-state index contributed by atoms with van der Waals surface area (Å²) in [6.45, 7) is 1.65. The Bertz CT molecular complexity index is 684. The van der Waals surface area contributed by atoms with E-state index in [1.54, 1.807) is 6.07 Å². The second-order valence-corrected chi connectivity index (χ2v) is 4.69. The monoisotopic (exact) mass is 308 g/mol. The molecule has 2 heterocycles. The molecular weight excluding hydrogens is 296 g/mol. The van der Waals surface area contributed by atoms with Crippen LogP contribution >= 0.6 is 11.6 Å². The van der Waals surface area contributed by atoms with Crippen LogP contribution in [0.25, 0.3) is 0 Å². The van der Waals surface area contributed by atoms with E-state index in [9.17, 15) is 9.59 Å². The summed E-state index contributed by atoms with van der Waals surface area (Å²) in [5.74, 6) is -1.37. The number of carbonyl (C=O) groups is 2. The van der Waals surface area contributed by atoms with Crippen LogP contribution in [0.4, 0.5) is 5.69 Å². The predicted octanol–water partition coefficient (Wildman–Crippen LogP) is 1.83. The highest BCUT2D eigenvalue weighted by molar-refractivity contribution is 6.29. The van der Waals surface area contributed by atoms with Gasteiger partial charge >= 0.3 is 5.97 Å². The first kappa shape index (κ1) is 15.0. The molecule has 0 aliphatic heterocycles. The molecule has 2 aromatic rings. The molecule has 0 aliphatic carbocycles. The van der Waals surface area contributed by atoms with Gasteiger partial charge in [0, 0.05) is 17.5 Å². The van der Waals surface area contributed by atoms with Gasteiger partial charge in [-0.3, -0.25) is 14.3 Å². The number of halogens is 1. The van der Waals surface area contributed by atoms with Gasteiger partial charge in [0.15, 0.2) is 0 Å². The zero-order valence-corrected chi connectivity index (χ0v) is 12.0. The molecule has 0 fully saturated rings. The lowest BCUT2D eigenvalue weighted by Gasteiger charge is -2.05. The van der Waals surface area contributed by atoms with Gasteiger partial charge in [0.1, 0.15) is 11.7 Å². The Morgan fingerprint density at radius 2 is 2.19 bits per heavy atom. The van der Waals surface area contributed by atoms with Crippen LogP contribution in [-0.4, -0.2) is 31.7 Å². The Morgan fingerprint density at radius 3 is 2.86 bits per heavy atom. The predicted molar refractivity (Wildman–Crippen MR) is 76.4 cm³/mol.